The van der Waals surface area contributed by atoms with Crippen molar-refractivity contribution in [3.05, 3.63) is 0 Å². The summed E-state index contributed by atoms with van der Waals surface area (Å²) >= 11 is 0. The first-order valence-electron chi connectivity index (χ1n) is 0.532. The van der Waals surface area contributed by atoms with Gasteiger partial charge in [-0.05, 0) is 10.1 Å². The highest BCUT2D eigenvalue weighted by atomic mass is 17.6. The predicted octanol–water partition coefficient (Wildman–Crippen LogP) is 0.517. The Morgan fingerprint density at radius 1 is 1.00 bits per heavy atom. The van der Waals surface area contributed by atoms with E-state index in [4.69, 9.17) is 10.5 Å². The average molecular weight is 82.1 g/mol. The third-order valence-corrected chi connectivity index (χ3v) is 0.0333. The number of hydrogen-bond acceptors (Lipinski definition) is 4. The molecule has 0 aliphatic heterocycles. The van der Waals surface area contributed by atoms with Crippen LogP contribution in [0.25, 0.3) is 0 Å². The van der Waals surface area contributed by atoms with Gasteiger partial charge in [-0.3, -0.25) is 0 Å². The summed E-state index contributed by atoms with van der Waals surface area (Å²) in [6, 6.07) is 0. The van der Waals surface area contributed by atoms with Crippen molar-refractivity contribution in [3.8, 4) is 0 Å². The Hall–Kier alpha value is -0.160. The molecule has 2 N–H and O–H groups in total. The monoisotopic (exact) mass is 82.0 g/mol. The molecule has 0 aromatic heterocycles. The van der Waals surface area contributed by atoms with E-state index in [0.29, 0.717) is 0 Å². The van der Waals surface area contributed by atoms with Crippen molar-refractivity contribution in [2.24, 2.45) is 0 Å². The molecule has 0 aromatic rings. The van der Waals surface area contributed by atoms with E-state index in [2.05, 4.69) is 10.1 Å². The minimum Gasteiger partial charge on any atom is -0.219 e. The SMILES string of the molecule is C.OOOO. The van der Waals surface area contributed by atoms with Crippen LogP contribution in [0.3, 0.4) is 0 Å². The molecule has 4 heteroatoms. The maximum absolute atomic E-state index is 6.90. The Balaban J connectivity index is 0. The summed E-state index contributed by atoms with van der Waals surface area (Å²) in [7, 11) is 0. The lowest BCUT2D eigenvalue weighted by Gasteiger charge is -1.71. The average Bonchev–Trinajstić information content (AvgIpc) is 1.37. The van der Waals surface area contributed by atoms with Crippen LogP contribution >= 0.6 is 0 Å². The lowest BCUT2D eigenvalue weighted by molar-refractivity contribution is -0.611. The molecule has 0 fully saturated rings. The molecule has 0 aliphatic carbocycles. The zero-order valence-corrected chi connectivity index (χ0v) is 1.71. The first kappa shape index (κ1) is 8.85. The van der Waals surface area contributed by atoms with Gasteiger partial charge in [0.05, 0.1) is 0 Å². The predicted molar refractivity (Wildman–Crippen MR) is 14.2 cm³/mol. The molecule has 0 atom stereocenters. The normalized spacial score (nSPS) is 6.00. The summed E-state index contributed by atoms with van der Waals surface area (Å²) in [5.41, 5.74) is 0. The van der Waals surface area contributed by atoms with Gasteiger partial charge in [-0.1, -0.05) is 7.43 Å². The summed E-state index contributed by atoms with van der Waals surface area (Å²) < 4.78 is 0. The highest BCUT2D eigenvalue weighted by Crippen LogP contribution is 1.49. The highest BCUT2D eigenvalue weighted by molar-refractivity contribution is 2.64. The minimum atomic E-state index is 0. The fourth-order valence-corrected chi connectivity index (χ4v) is 0. The van der Waals surface area contributed by atoms with Crippen LogP contribution < -0.4 is 0 Å². The van der Waals surface area contributed by atoms with E-state index >= 15 is 0 Å². The van der Waals surface area contributed by atoms with E-state index in [-0.39, 0.29) is 7.43 Å². The van der Waals surface area contributed by atoms with E-state index in [1.165, 1.54) is 0 Å². The van der Waals surface area contributed by atoms with Crippen molar-refractivity contribution in [3.63, 3.8) is 0 Å². The van der Waals surface area contributed by atoms with Crippen LogP contribution in [0.4, 0.5) is 0 Å². The molecule has 0 radical (unpaired) electrons. The fraction of sp³-hybridized carbons (Fsp3) is 1.00. The lowest BCUT2D eigenvalue weighted by atomic mass is 12.0. The largest absolute Gasteiger partial charge is 0.219 e. The van der Waals surface area contributed by atoms with E-state index in [9.17, 15) is 0 Å². The van der Waals surface area contributed by atoms with Crippen molar-refractivity contribution in [2.45, 2.75) is 7.43 Å². The second-order valence-electron chi connectivity index (χ2n) is 0.149. The first-order chi connectivity index (χ1) is 1.91. The molecule has 0 spiro atoms. The molecule has 0 aliphatic rings. The zero-order valence-electron chi connectivity index (χ0n) is 1.71. The molecule has 0 aromatic carbocycles. The zero-order chi connectivity index (χ0) is 3.41. The summed E-state index contributed by atoms with van der Waals surface area (Å²) in [6.07, 6.45) is 0. The molecule has 5 heavy (non-hydrogen) atoms. The van der Waals surface area contributed by atoms with Crippen molar-refractivity contribution in [2.75, 3.05) is 0 Å². The van der Waals surface area contributed by atoms with Crippen LogP contribution in [0, 0.1) is 0 Å². The maximum Gasteiger partial charge on any atom is -0.0395 e. The molecule has 4 nitrogen and oxygen atoms in total. The highest BCUT2D eigenvalue weighted by Gasteiger charge is 1.53. The van der Waals surface area contributed by atoms with E-state index in [1.54, 1.807) is 0 Å². The van der Waals surface area contributed by atoms with Gasteiger partial charge in [0.15, 0.2) is 0 Å². The third kappa shape index (κ3) is 18.4. The van der Waals surface area contributed by atoms with E-state index in [0.717, 1.165) is 0 Å². The van der Waals surface area contributed by atoms with Gasteiger partial charge in [-0.2, -0.15) is 0 Å². The van der Waals surface area contributed by atoms with Crippen molar-refractivity contribution in [1.29, 1.82) is 0 Å². The summed E-state index contributed by atoms with van der Waals surface area (Å²) in [5.74, 6) is 0. The molecule has 0 saturated carbocycles. The van der Waals surface area contributed by atoms with E-state index in [1.807, 2.05) is 0 Å². The van der Waals surface area contributed by atoms with Crippen LogP contribution in [0.15, 0.2) is 0 Å². The van der Waals surface area contributed by atoms with Crippen LogP contribution in [-0.4, -0.2) is 10.5 Å². The second-order valence-corrected chi connectivity index (χ2v) is 0.149. The van der Waals surface area contributed by atoms with Crippen molar-refractivity contribution < 1.29 is 20.6 Å². The van der Waals surface area contributed by atoms with Crippen LogP contribution in [0.2, 0.25) is 0 Å². The molecule has 0 bridgehead atoms. The Kier molecular flexibility index (Phi) is 16.2. The number of rotatable bonds is 1. The van der Waals surface area contributed by atoms with Gasteiger partial charge >= 0.3 is 0 Å². The lowest BCUT2D eigenvalue weighted by Crippen LogP contribution is -1.75. The Morgan fingerprint density at radius 3 is 1.20 bits per heavy atom. The molecule has 0 saturated heterocycles. The number of hydrogen-bond donors (Lipinski definition) is 2. The van der Waals surface area contributed by atoms with Gasteiger partial charge in [0.1, 0.15) is 0 Å². The minimum absolute atomic E-state index is 0. The van der Waals surface area contributed by atoms with Gasteiger partial charge < -0.3 is 0 Å². The van der Waals surface area contributed by atoms with Gasteiger partial charge in [0.25, 0.3) is 0 Å². The summed E-state index contributed by atoms with van der Waals surface area (Å²) in [4.78, 5) is 0. The van der Waals surface area contributed by atoms with Crippen LogP contribution in [0.5, 0.6) is 0 Å². The molecule has 0 heterocycles. The maximum atomic E-state index is 6.90. The topological polar surface area (TPSA) is 58.9 Å². The molecule has 0 amide bonds. The van der Waals surface area contributed by atoms with Crippen molar-refractivity contribution >= 4 is 0 Å². The smallest absolute Gasteiger partial charge is 0.0395 e. The molecule has 0 unspecified atom stereocenters. The van der Waals surface area contributed by atoms with Gasteiger partial charge in [-0.25, -0.2) is 10.5 Å². The molecule has 34 valence electrons. The van der Waals surface area contributed by atoms with Gasteiger partial charge in [0.2, 0.25) is 0 Å². The van der Waals surface area contributed by atoms with Gasteiger partial charge in [-0.15, -0.1) is 0 Å². The van der Waals surface area contributed by atoms with Crippen molar-refractivity contribution in [1.82, 2.24) is 0 Å². The van der Waals surface area contributed by atoms with Gasteiger partial charge in [0, 0.05) is 0 Å². The second kappa shape index (κ2) is 9.15. The molecular weight excluding hydrogens is 76.0 g/mol. The Bertz CT molecular complexity index is 5.61. The van der Waals surface area contributed by atoms with Crippen LogP contribution in [-0.2, 0) is 10.1 Å². The molecule has 0 rings (SSSR count). The quantitative estimate of drug-likeness (QED) is 0.357. The molecular formula is CH6O4. The Labute approximate surface area is 29.3 Å². The third-order valence-electron chi connectivity index (χ3n) is 0.0333. The van der Waals surface area contributed by atoms with Crippen LogP contribution in [0.1, 0.15) is 7.43 Å². The first-order valence-corrected chi connectivity index (χ1v) is 0.532. The standard InChI is InChI=1S/CH4.H2O4/c;1-3-4-2/h1H4;1-2H. The summed E-state index contributed by atoms with van der Waals surface area (Å²) in [6.45, 7) is 0. The summed E-state index contributed by atoms with van der Waals surface area (Å²) in [5, 5.41) is 19.0. The fourth-order valence-electron chi connectivity index (χ4n) is 0. The Morgan fingerprint density at radius 2 is 1.20 bits per heavy atom. The van der Waals surface area contributed by atoms with E-state index < -0.39 is 0 Å².